The summed E-state index contributed by atoms with van der Waals surface area (Å²) in [6.45, 7) is 0.715. The van der Waals surface area contributed by atoms with Gasteiger partial charge in [0.15, 0.2) is 5.84 Å². The van der Waals surface area contributed by atoms with Gasteiger partial charge in [0.25, 0.3) is 0 Å². The van der Waals surface area contributed by atoms with Crippen molar-refractivity contribution in [1.29, 1.82) is 0 Å². The molecule has 0 bridgehead atoms. The zero-order chi connectivity index (χ0) is 11.4. The minimum atomic E-state index is 0.118. The van der Waals surface area contributed by atoms with Gasteiger partial charge in [0.1, 0.15) is 0 Å². The number of aromatic nitrogens is 2. The Kier molecular flexibility index (Phi) is 2.86. The van der Waals surface area contributed by atoms with Crippen molar-refractivity contribution in [2.75, 3.05) is 0 Å². The molecule has 1 aromatic heterocycles. The van der Waals surface area contributed by atoms with E-state index in [-0.39, 0.29) is 5.84 Å². The first-order chi connectivity index (χ1) is 7.79. The standard InChI is InChI=1S/C11H12N4O/c12-11(14-16)10-3-1-2-9(6-10)7-15-5-4-13-8-15/h1-6,8,16H,7H2,(H2,12,14). The van der Waals surface area contributed by atoms with Gasteiger partial charge in [0, 0.05) is 24.5 Å². The molecular weight excluding hydrogens is 204 g/mol. The first kappa shape index (κ1) is 10.2. The van der Waals surface area contributed by atoms with Crippen molar-refractivity contribution in [2.45, 2.75) is 6.54 Å². The molecule has 5 nitrogen and oxygen atoms in total. The first-order valence-corrected chi connectivity index (χ1v) is 4.82. The minimum Gasteiger partial charge on any atom is -0.409 e. The first-order valence-electron chi connectivity index (χ1n) is 4.82. The van der Waals surface area contributed by atoms with Gasteiger partial charge in [-0.25, -0.2) is 4.98 Å². The van der Waals surface area contributed by atoms with E-state index >= 15 is 0 Å². The van der Waals surface area contributed by atoms with Crippen LogP contribution in [-0.4, -0.2) is 20.6 Å². The molecule has 0 amide bonds. The SMILES string of the molecule is NC(=NO)c1cccc(Cn2ccnc2)c1. The maximum absolute atomic E-state index is 8.58. The third kappa shape index (κ3) is 2.20. The molecule has 0 fully saturated rings. The van der Waals surface area contributed by atoms with Crippen LogP contribution in [0.15, 0.2) is 48.1 Å². The quantitative estimate of drug-likeness (QED) is 0.348. The van der Waals surface area contributed by atoms with Crippen LogP contribution >= 0.6 is 0 Å². The molecule has 0 radical (unpaired) electrons. The van der Waals surface area contributed by atoms with Crippen LogP contribution in [0.1, 0.15) is 11.1 Å². The highest BCUT2D eigenvalue weighted by atomic mass is 16.4. The average molecular weight is 216 g/mol. The average Bonchev–Trinajstić information content (AvgIpc) is 2.81. The van der Waals surface area contributed by atoms with Gasteiger partial charge in [0.05, 0.1) is 6.33 Å². The molecule has 0 atom stereocenters. The predicted molar refractivity (Wildman–Crippen MR) is 60.3 cm³/mol. The Morgan fingerprint density at radius 1 is 1.50 bits per heavy atom. The zero-order valence-corrected chi connectivity index (χ0v) is 8.61. The van der Waals surface area contributed by atoms with E-state index in [2.05, 4.69) is 10.1 Å². The molecule has 16 heavy (non-hydrogen) atoms. The number of hydrogen-bond acceptors (Lipinski definition) is 3. The number of benzene rings is 1. The second-order valence-electron chi connectivity index (χ2n) is 3.42. The molecule has 3 N–H and O–H groups in total. The fourth-order valence-corrected chi connectivity index (χ4v) is 1.48. The number of nitrogens with two attached hydrogens (primary N) is 1. The van der Waals surface area contributed by atoms with Crippen LogP contribution in [0.4, 0.5) is 0 Å². The van der Waals surface area contributed by atoms with E-state index in [0.29, 0.717) is 12.1 Å². The van der Waals surface area contributed by atoms with Gasteiger partial charge in [0.2, 0.25) is 0 Å². The molecule has 1 heterocycles. The highest BCUT2D eigenvalue weighted by Gasteiger charge is 2.00. The normalized spacial score (nSPS) is 11.6. The lowest BCUT2D eigenvalue weighted by Gasteiger charge is -2.04. The summed E-state index contributed by atoms with van der Waals surface area (Å²) < 4.78 is 1.95. The van der Waals surface area contributed by atoms with E-state index in [0.717, 1.165) is 5.56 Å². The van der Waals surface area contributed by atoms with E-state index < -0.39 is 0 Å². The molecule has 0 aliphatic carbocycles. The van der Waals surface area contributed by atoms with Crippen molar-refractivity contribution in [3.63, 3.8) is 0 Å². The Balaban J connectivity index is 2.23. The van der Waals surface area contributed by atoms with Gasteiger partial charge in [-0.3, -0.25) is 0 Å². The molecule has 82 valence electrons. The van der Waals surface area contributed by atoms with E-state index in [1.807, 2.05) is 29.0 Å². The van der Waals surface area contributed by atoms with E-state index in [4.69, 9.17) is 10.9 Å². The van der Waals surface area contributed by atoms with Crippen LogP contribution in [0.3, 0.4) is 0 Å². The van der Waals surface area contributed by atoms with Gasteiger partial charge >= 0.3 is 0 Å². The Morgan fingerprint density at radius 3 is 3.06 bits per heavy atom. The highest BCUT2D eigenvalue weighted by molar-refractivity contribution is 5.97. The van der Waals surface area contributed by atoms with Gasteiger partial charge in [-0.1, -0.05) is 23.4 Å². The van der Waals surface area contributed by atoms with Crippen molar-refractivity contribution in [3.05, 3.63) is 54.1 Å². The molecule has 0 aliphatic heterocycles. The number of nitrogens with zero attached hydrogens (tertiary/aromatic N) is 3. The Hall–Kier alpha value is -2.30. The largest absolute Gasteiger partial charge is 0.409 e. The van der Waals surface area contributed by atoms with E-state index in [1.165, 1.54) is 0 Å². The molecule has 0 aliphatic rings. The van der Waals surface area contributed by atoms with Gasteiger partial charge in [-0.15, -0.1) is 0 Å². The summed E-state index contributed by atoms with van der Waals surface area (Å²) in [5.41, 5.74) is 7.30. The highest BCUT2D eigenvalue weighted by Crippen LogP contribution is 2.07. The summed E-state index contributed by atoms with van der Waals surface area (Å²) >= 11 is 0. The van der Waals surface area contributed by atoms with Crippen molar-refractivity contribution in [2.24, 2.45) is 10.9 Å². The lowest BCUT2D eigenvalue weighted by atomic mass is 10.1. The molecule has 5 heteroatoms. The molecule has 0 saturated heterocycles. The lowest BCUT2D eigenvalue weighted by Crippen LogP contribution is -2.13. The van der Waals surface area contributed by atoms with Crippen LogP contribution in [0.2, 0.25) is 0 Å². The maximum Gasteiger partial charge on any atom is 0.170 e. The smallest absolute Gasteiger partial charge is 0.170 e. The second kappa shape index (κ2) is 4.48. The van der Waals surface area contributed by atoms with Gasteiger partial charge in [-0.05, 0) is 11.6 Å². The van der Waals surface area contributed by atoms with Gasteiger partial charge in [-0.2, -0.15) is 0 Å². The summed E-state index contributed by atoms with van der Waals surface area (Å²) in [5.74, 6) is 0.118. The fraction of sp³-hybridized carbons (Fsp3) is 0.0909. The lowest BCUT2D eigenvalue weighted by molar-refractivity contribution is 0.318. The molecule has 0 unspecified atom stereocenters. The van der Waals surface area contributed by atoms with Crippen LogP contribution in [0.25, 0.3) is 0 Å². The third-order valence-corrected chi connectivity index (χ3v) is 2.25. The zero-order valence-electron chi connectivity index (χ0n) is 8.61. The summed E-state index contributed by atoms with van der Waals surface area (Å²) in [6, 6.07) is 7.54. The summed E-state index contributed by atoms with van der Waals surface area (Å²) in [7, 11) is 0. The Labute approximate surface area is 92.8 Å². The number of oxime groups is 1. The molecule has 1 aromatic carbocycles. The molecule has 2 aromatic rings. The summed E-state index contributed by atoms with van der Waals surface area (Å²) in [6.07, 6.45) is 5.36. The van der Waals surface area contributed by atoms with Crippen molar-refractivity contribution < 1.29 is 5.21 Å². The minimum absolute atomic E-state index is 0.118. The van der Waals surface area contributed by atoms with Gasteiger partial charge < -0.3 is 15.5 Å². The van der Waals surface area contributed by atoms with Crippen molar-refractivity contribution in [1.82, 2.24) is 9.55 Å². The monoisotopic (exact) mass is 216 g/mol. The summed E-state index contributed by atoms with van der Waals surface area (Å²) in [5, 5.41) is 11.6. The molecule has 0 spiro atoms. The van der Waals surface area contributed by atoms with E-state index in [1.54, 1.807) is 18.6 Å². The van der Waals surface area contributed by atoms with Crippen molar-refractivity contribution >= 4 is 5.84 Å². The number of imidazole rings is 1. The number of rotatable bonds is 3. The van der Waals surface area contributed by atoms with Crippen LogP contribution in [-0.2, 0) is 6.54 Å². The summed E-state index contributed by atoms with van der Waals surface area (Å²) in [4.78, 5) is 3.97. The van der Waals surface area contributed by atoms with Crippen LogP contribution < -0.4 is 5.73 Å². The molecular formula is C11H12N4O. The Bertz CT molecular complexity index is 490. The van der Waals surface area contributed by atoms with Crippen LogP contribution in [0.5, 0.6) is 0 Å². The maximum atomic E-state index is 8.58. The Morgan fingerprint density at radius 2 is 2.38 bits per heavy atom. The number of amidine groups is 1. The third-order valence-electron chi connectivity index (χ3n) is 2.25. The number of hydrogen-bond donors (Lipinski definition) is 2. The predicted octanol–water partition coefficient (Wildman–Crippen LogP) is 1.03. The van der Waals surface area contributed by atoms with Crippen molar-refractivity contribution in [3.8, 4) is 0 Å². The van der Waals surface area contributed by atoms with Crippen LogP contribution in [0, 0.1) is 0 Å². The molecule has 2 rings (SSSR count). The fourth-order valence-electron chi connectivity index (χ4n) is 1.48. The molecule has 0 saturated carbocycles. The van der Waals surface area contributed by atoms with E-state index in [9.17, 15) is 0 Å². The second-order valence-corrected chi connectivity index (χ2v) is 3.42. The topological polar surface area (TPSA) is 76.4 Å².